The van der Waals surface area contributed by atoms with E-state index in [9.17, 15) is 9.59 Å². The molecule has 0 aliphatic heterocycles. The van der Waals surface area contributed by atoms with Gasteiger partial charge in [-0.3, -0.25) is 4.79 Å². The van der Waals surface area contributed by atoms with Gasteiger partial charge in [-0.1, -0.05) is 53.7 Å². The molecule has 180 valence electrons. The Morgan fingerprint density at radius 1 is 1.20 bits per heavy atom. The van der Waals surface area contributed by atoms with Crippen molar-refractivity contribution in [2.75, 3.05) is 18.2 Å². The van der Waals surface area contributed by atoms with Gasteiger partial charge >= 0.3 is 5.97 Å². The number of anilines is 1. The molecule has 1 amide bonds. The van der Waals surface area contributed by atoms with E-state index in [1.807, 2.05) is 52.6 Å². The maximum Gasteiger partial charge on any atom is 0.341 e. The molecule has 4 rings (SSSR count). The van der Waals surface area contributed by atoms with Crippen molar-refractivity contribution in [3.05, 3.63) is 81.6 Å². The molecule has 35 heavy (non-hydrogen) atoms. The van der Waals surface area contributed by atoms with E-state index in [0.717, 1.165) is 22.5 Å². The summed E-state index contributed by atoms with van der Waals surface area (Å²) in [4.78, 5) is 26.6. The van der Waals surface area contributed by atoms with E-state index < -0.39 is 5.97 Å². The third kappa shape index (κ3) is 5.90. The summed E-state index contributed by atoms with van der Waals surface area (Å²) in [6.45, 7) is 6.38. The topological polar surface area (TPSA) is 86.1 Å². The van der Waals surface area contributed by atoms with Gasteiger partial charge in [0.1, 0.15) is 16.4 Å². The fourth-order valence-electron chi connectivity index (χ4n) is 3.43. The van der Waals surface area contributed by atoms with Crippen molar-refractivity contribution in [2.24, 2.45) is 0 Å². The molecule has 0 spiro atoms. The molecule has 0 radical (unpaired) electrons. The summed E-state index contributed by atoms with van der Waals surface area (Å²) in [5.41, 5.74) is 3.09. The maximum atomic E-state index is 12.8. The lowest BCUT2D eigenvalue weighted by Crippen LogP contribution is -2.16. The number of benzene rings is 1. The molecule has 0 aliphatic rings. The fraction of sp³-hybridized carbons (Fsp3) is 0.200. The molecular formula is C25H24N4O3S3. The molecule has 0 saturated heterocycles. The van der Waals surface area contributed by atoms with E-state index >= 15 is 0 Å². The van der Waals surface area contributed by atoms with Crippen LogP contribution in [0.5, 0.6) is 0 Å². The quantitative estimate of drug-likeness (QED) is 0.163. The lowest BCUT2D eigenvalue weighted by molar-refractivity contribution is -0.113. The van der Waals surface area contributed by atoms with Crippen molar-refractivity contribution in [1.29, 1.82) is 0 Å². The number of thioether (sulfide) groups is 1. The van der Waals surface area contributed by atoms with Crippen LogP contribution in [0.4, 0.5) is 5.00 Å². The summed E-state index contributed by atoms with van der Waals surface area (Å²) in [6.07, 6.45) is 2.46. The lowest BCUT2D eigenvalue weighted by Gasteiger charge is -2.09. The standard InChI is InChI=1S/C25H24N4O3S3/c1-4-11-29-20(13-18-6-5-12-33-18)27-28-25(29)35-15-21(30)26-23-22(24(31)32-3)19(14-34-23)17-9-7-16(2)8-10-17/h4-10,12,14H,1,11,13,15H2,2-3H3,(H,26,30). The second kappa shape index (κ2) is 11.5. The van der Waals surface area contributed by atoms with Gasteiger partial charge in [-0.15, -0.1) is 39.4 Å². The Bertz CT molecular complexity index is 1320. The number of hydrogen-bond acceptors (Lipinski definition) is 8. The van der Waals surface area contributed by atoms with Crippen LogP contribution in [-0.2, 0) is 22.5 Å². The minimum absolute atomic E-state index is 0.118. The van der Waals surface area contributed by atoms with Crippen LogP contribution in [0.3, 0.4) is 0 Å². The van der Waals surface area contributed by atoms with Crippen molar-refractivity contribution in [2.45, 2.75) is 25.0 Å². The maximum absolute atomic E-state index is 12.8. The van der Waals surface area contributed by atoms with Gasteiger partial charge in [0.15, 0.2) is 5.16 Å². The first kappa shape index (κ1) is 24.9. The van der Waals surface area contributed by atoms with Crippen LogP contribution < -0.4 is 5.32 Å². The first-order valence-electron chi connectivity index (χ1n) is 10.7. The summed E-state index contributed by atoms with van der Waals surface area (Å²) in [5, 5.41) is 16.5. The molecule has 0 fully saturated rings. The monoisotopic (exact) mass is 524 g/mol. The molecule has 0 atom stereocenters. The molecule has 4 aromatic rings. The largest absolute Gasteiger partial charge is 0.465 e. The number of nitrogens with zero attached hydrogens (tertiary/aromatic N) is 3. The number of esters is 1. The molecule has 0 saturated carbocycles. The summed E-state index contributed by atoms with van der Waals surface area (Å²) in [7, 11) is 1.33. The van der Waals surface area contributed by atoms with Crippen LogP contribution in [0.2, 0.25) is 0 Å². The highest BCUT2D eigenvalue weighted by molar-refractivity contribution is 7.99. The number of hydrogen-bond donors (Lipinski definition) is 1. The zero-order valence-corrected chi connectivity index (χ0v) is 21.8. The van der Waals surface area contributed by atoms with Crippen LogP contribution in [0.15, 0.2) is 65.0 Å². The van der Waals surface area contributed by atoms with Gasteiger partial charge in [-0.05, 0) is 23.9 Å². The number of carbonyl (C=O) groups is 2. The van der Waals surface area contributed by atoms with Gasteiger partial charge in [0.2, 0.25) is 5.91 Å². The van der Waals surface area contributed by atoms with E-state index in [0.29, 0.717) is 28.7 Å². The van der Waals surface area contributed by atoms with Crippen molar-refractivity contribution in [3.8, 4) is 11.1 Å². The highest BCUT2D eigenvalue weighted by Crippen LogP contribution is 2.36. The molecule has 10 heteroatoms. The van der Waals surface area contributed by atoms with Crippen LogP contribution >= 0.6 is 34.4 Å². The molecule has 3 aromatic heterocycles. The first-order chi connectivity index (χ1) is 17.0. The molecule has 7 nitrogen and oxygen atoms in total. The zero-order chi connectivity index (χ0) is 24.8. The van der Waals surface area contributed by atoms with E-state index in [2.05, 4.69) is 28.2 Å². The number of nitrogens with one attached hydrogen (secondary N) is 1. The van der Waals surface area contributed by atoms with Crippen molar-refractivity contribution in [1.82, 2.24) is 14.8 Å². The number of aromatic nitrogens is 3. The number of rotatable bonds is 10. The van der Waals surface area contributed by atoms with Crippen molar-refractivity contribution >= 4 is 51.3 Å². The SMILES string of the molecule is C=CCn1c(Cc2cccs2)nnc1SCC(=O)Nc1scc(-c2ccc(C)cc2)c1C(=O)OC. The molecule has 1 aromatic carbocycles. The van der Waals surface area contributed by atoms with Gasteiger partial charge in [-0.25, -0.2) is 4.79 Å². The van der Waals surface area contributed by atoms with Crippen LogP contribution in [0.25, 0.3) is 11.1 Å². The third-order valence-corrected chi connectivity index (χ3v) is 7.88. The average Bonchev–Trinajstić information content (AvgIpc) is 3.60. The number of thiophene rings is 2. The second-order valence-electron chi connectivity index (χ2n) is 7.60. The van der Waals surface area contributed by atoms with Crippen LogP contribution in [0, 0.1) is 6.92 Å². The normalized spacial score (nSPS) is 10.8. The number of aryl methyl sites for hydroxylation is 1. The highest BCUT2D eigenvalue weighted by Gasteiger charge is 2.23. The smallest absolute Gasteiger partial charge is 0.341 e. The van der Waals surface area contributed by atoms with Gasteiger partial charge in [0.05, 0.1) is 12.9 Å². The first-order valence-corrected chi connectivity index (χ1v) is 13.5. The summed E-state index contributed by atoms with van der Waals surface area (Å²) >= 11 is 4.26. The number of allylic oxidation sites excluding steroid dienone is 1. The Kier molecular flexibility index (Phi) is 8.17. The predicted molar refractivity (Wildman–Crippen MR) is 143 cm³/mol. The Morgan fingerprint density at radius 3 is 2.69 bits per heavy atom. The number of methoxy groups -OCH3 is 1. The molecule has 0 aliphatic carbocycles. The Hall–Kier alpha value is -3.21. The number of amides is 1. The van der Waals surface area contributed by atoms with Gasteiger partial charge < -0.3 is 14.6 Å². The van der Waals surface area contributed by atoms with Crippen LogP contribution in [0.1, 0.15) is 26.6 Å². The predicted octanol–water partition coefficient (Wildman–Crippen LogP) is 5.67. The minimum Gasteiger partial charge on any atom is -0.465 e. The molecule has 0 unspecified atom stereocenters. The summed E-state index contributed by atoms with van der Waals surface area (Å²) < 4.78 is 6.96. The van der Waals surface area contributed by atoms with Crippen molar-refractivity contribution < 1.29 is 14.3 Å². The third-order valence-electron chi connectivity index (χ3n) is 5.15. The number of carbonyl (C=O) groups excluding carboxylic acids is 2. The zero-order valence-electron chi connectivity index (χ0n) is 19.3. The van der Waals surface area contributed by atoms with Gasteiger partial charge in [0, 0.05) is 28.8 Å². The second-order valence-corrected chi connectivity index (χ2v) is 10.5. The lowest BCUT2D eigenvalue weighted by atomic mass is 10.0. The van der Waals surface area contributed by atoms with Gasteiger partial charge in [-0.2, -0.15) is 0 Å². The molecule has 1 N–H and O–H groups in total. The Labute approximate surface area is 215 Å². The molecule has 3 heterocycles. The summed E-state index contributed by atoms with van der Waals surface area (Å²) in [6, 6.07) is 11.9. The van der Waals surface area contributed by atoms with Crippen molar-refractivity contribution in [3.63, 3.8) is 0 Å². The number of ether oxygens (including phenoxy) is 1. The summed E-state index contributed by atoms with van der Waals surface area (Å²) in [5.74, 6) is 0.204. The average molecular weight is 525 g/mol. The van der Waals surface area contributed by atoms with E-state index in [-0.39, 0.29) is 11.7 Å². The highest BCUT2D eigenvalue weighted by atomic mass is 32.2. The Morgan fingerprint density at radius 2 is 2.00 bits per heavy atom. The van der Waals surface area contributed by atoms with Gasteiger partial charge in [0.25, 0.3) is 0 Å². The minimum atomic E-state index is -0.492. The van der Waals surface area contributed by atoms with E-state index in [4.69, 9.17) is 4.74 Å². The van der Waals surface area contributed by atoms with E-state index in [1.54, 1.807) is 17.4 Å². The fourth-order valence-corrected chi connectivity index (χ4v) is 5.87. The molecular weight excluding hydrogens is 501 g/mol. The van der Waals surface area contributed by atoms with Crippen LogP contribution in [-0.4, -0.2) is 39.5 Å². The Balaban J connectivity index is 1.48. The van der Waals surface area contributed by atoms with E-state index in [1.165, 1.54) is 35.1 Å². The molecule has 0 bridgehead atoms.